The van der Waals surface area contributed by atoms with Crippen LogP contribution in [0.15, 0.2) is 24.3 Å². The van der Waals surface area contributed by atoms with E-state index >= 15 is 0 Å². The molecule has 3 unspecified atom stereocenters. The van der Waals surface area contributed by atoms with Gasteiger partial charge in [-0.15, -0.1) is 0 Å². The summed E-state index contributed by atoms with van der Waals surface area (Å²) in [6.45, 7) is 4.15. The first-order valence-corrected chi connectivity index (χ1v) is 6.70. The van der Waals surface area contributed by atoms with Gasteiger partial charge >= 0.3 is 6.18 Å². The van der Waals surface area contributed by atoms with Crippen molar-refractivity contribution in [1.82, 2.24) is 0 Å². The van der Waals surface area contributed by atoms with E-state index in [1.807, 2.05) is 6.92 Å². The summed E-state index contributed by atoms with van der Waals surface area (Å²) in [6, 6.07) is 5.50. The molecule has 0 aliphatic heterocycles. The van der Waals surface area contributed by atoms with Crippen LogP contribution in [0.3, 0.4) is 0 Å². The molecule has 19 heavy (non-hydrogen) atoms. The van der Waals surface area contributed by atoms with Gasteiger partial charge in [-0.25, -0.2) is 0 Å². The van der Waals surface area contributed by atoms with Crippen LogP contribution in [0, 0.1) is 11.8 Å². The van der Waals surface area contributed by atoms with E-state index < -0.39 is 17.3 Å². The average molecular weight is 271 g/mol. The van der Waals surface area contributed by atoms with Crippen molar-refractivity contribution in [1.29, 1.82) is 0 Å². The summed E-state index contributed by atoms with van der Waals surface area (Å²) in [4.78, 5) is 0. The molecule has 2 N–H and O–H groups in total. The standard InChI is InChI=1S/C15H20F3N/c1-10-6-7-11(2)14(19,9-10)12-4-3-5-13(8-12)15(16,17)18/h3-5,8,10-11H,6-7,9,19H2,1-2H3. The zero-order chi connectivity index (χ0) is 14.3. The number of halogens is 3. The Labute approximate surface area is 112 Å². The van der Waals surface area contributed by atoms with E-state index in [0.717, 1.165) is 25.3 Å². The van der Waals surface area contributed by atoms with Crippen LogP contribution < -0.4 is 5.73 Å². The normalized spacial score (nSPS) is 32.3. The topological polar surface area (TPSA) is 26.0 Å². The lowest BCUT2D eigenvalue weighted by Gasteiger charge is -2.43. The summed E-state index contributed by atoms with van der Waals surface area (Å²) >= 11 is 0. The van der Waals surface area contributed by atoms with Crippen LogP contribution in [0.4, 0.5) is 13.2 Å². The van der Waals surface area contributed by atoms with Crippen molar-refractivity contribution in [3.8, 4) is 0 Å². The lowest BCUT2D eigenvalue weighted by molar-refractivity contribution is -0.137. The van der Waals surface area contributed by atoms with Crippen molar-refractivity contribution in [2.75, 3.05) is 0 Å². The maximum Gasteiger partial charge on any atom is 0.416 e. The highest BCUT2D eigenvalue weighted by Crippen LogP contribution is 2.43. The Bertz CT molecular complexity index is 455. The van der Waals surface area contributed by atoms with Gasteiger partial charge in [-0.3, -0.25) is 0 Å². The van der Waals surface area contributed by atoms with Gasteiger partial charge in [-0.1, -0.05) is 32.4 Å². The van der Waals surface area contributed by atoms with Crippen molar-refractivity contribution >= 4 is 0 Å². The first-order chi connectivity index (χ1) is 8.73. The van der Waals surface area contributed by atoms with Crippen LogP contribution in [-0.2, 0) is 11.7 Å². The number of hydrogen-bond acceptors (Lipinski definition) is 1. The number of nitrogens with two attached hydrogens (primary N) is 1. The van der Waals surface area contributed by atoms with Crippen molar-refractivity contribution in [3.05, 3.63) is 35.4 Å². The Morgan fingerprint density at radius 3 is 2.53 bits per heavy atom. The Kier molecular flexibility index (Phi) is 3.65. The average Bonchev–Trinajstić information content (AvgIpc) is 2.33. The smallest absolute Gasteiger partial charge is 0.321 e. The van der Waals surface area contributed by atoms with Gasteiger partial charge in [0.05, 0.1) is 5.56 Å². The highest BCUT2D eigenvalue weighted by Gasteiger charge is 2.40. The molecule has 1 aromatic carbocycles. The van der Waals surface area contributed by atoms with E-state index in [4.69, 9.17) is 5.73 Å². The van der Waals surface area contributed by atoms with Crippen LogP contribution in [0.5, 0.6) is 0 Å². The van der Waals surface area contributed by atoms with Gasteiger partial charge in [0.15, 0.2) is 0 Å². The second kappa shape index (κ2) is 4.82. The highest BCUT2D eigenvalue weighted by atomic mass is 19.4. The zero-order valence-electron chi connectivity index (χ0n) is 11.3. The van der Waals surface area contributed by atoms with Gasteiger partial charge < -0.3 is 5.73 Å². The van der Waals surface area contributed by atoms with Crippen LogP contribution in [-0.4, -0.2) is 0 Å². The van der Waals surface area contributed by atoms with E-state index in [0.29, 0.717) is 11.5 Å². The zero-order valence-corrected chi connectivity index (χ0v) is 11.3. The first-order valence-electron chi connectivity index (χ1n) is 6.70. The van der Waals surface area contributed by atoms with E-state index in [9.17, 15) is 13.2 Å². The Morgan fingerprint density at radius 1 is 1.21 bits per heavy atom. The van der Waals surface area contributed by atoms with Gasteiger partial charge in [0.2, 0.25) is 0 Å². The van der Waals surface area contributed by atoms with E-state index in [-0.39, 0.29) is 5.92 Å². The van der Waals surface area contributed by atoms with Gasteiger partial charge in [-0.2, -0.15) is 13.2 Å². The van der Waals surface area contributed by atoms with Gasteiger partial charge in [0, 0.05) is 5.54 Å². The molecule has 0 amide bonds. The molecular formula is C15H20F3N. The third kappa shape index (κ3) is 2.78. The molecule has 1 fully saturated rings. The van der Waals surface area contributed by atoms with Gasteiger partial charge in [0.1, 0.15) is 0 Å². The van der Waals surface area contributed by atoms with E-state index in [2.05, 4.69) is 6.92 Å². The maximum atomic E-state index is 12.8. The Balaban J connectivity index is 2.40. The molecule has 0 aromatic heterocycles. The summed E-state index contributed by atoms with van der Waals surface area (Å²) in [5, 5.41) is 0. The molecule has 2 rings (SSSR count). The molecule has 1 aliphatic rings. The largest absolute Gasteiger partial charge is 0.416 e. The lowest BCUT2D eigenvalue weighted by Crippen LogP contribution is -2.47. The Hall–Kier alpha value is -1.03. The fourth-order valence-electron chi connectivity index (χ4n) is 3.06. The molecule has 1 aromatic rings. The quantitative estimate of drug-likeness (QED) is 0.809. The fourth-order valence-corrected chi connectivity index (χ4v) is 3.06. The minimum atomic E-state index is -4.31. The molecule has 0 saturated heterocycles. The summed E-state index contributed by atoms with van der Waals surface area (Å²) in [5.74, 6) is 0.655. The molecule has 0 heterocycles. The van der Waals surface area contributed by atoms with Crippen LogP contribution in [0.1, 0.15) is 44.2 Å². The number of benzene rings is 1. The predicted octanol–water partition coefficient (Wildman–Crippen LogP) is 4.32. The third-order valence-corrected chi connectivity index (χ3v) is 4.39. The van der Waals surface area contributed by atoms with Crippen LogP contribution >= 0.6 is 0 Å². The molecular weight excluding hydrogens is 251 g/mol. The Morgan fingerprint density at radius 2 is 1.89 bits per heavy atom. The number of hydrogen-bond donors (Lipinski definition) is 1. The van der Waals surface area contributed by atoms with Crippen molar-refractivity contribution in [3.63, 3.8) is 0 Å². The summed E-state index contributed by atoms with van der Waals surface area (Å²) in [6.07, 6.45) is -1.50. The summed E-state index contributed by atoms with van der Waals surface area (Å²) in [7, 11) is 0. The second-order valence-corrected chi connectivity index (χ2v) is 5.91. The highest BCUT2D eigenvalue weighted by molar-refractivity contribution is 5.32. The van der Waals surface area contributed by atoms with Gasteiger partial charge in [0.25, 0.3) is 0 Å². The van der Waals surface area contributed by atoms with E-state index in [1.54, 1.807) is 6.07 Å². The van der Waals surface area contributed by atoms with Crippen molar-refractivity contribution in [2.45, 2.75) is 44.8 Å². The fraction of sp³-hybridized carbons (Fsp3) is 0.600. The van der Waals surface area contributed by atoms with E-state index in [1.165, 1.54) is 12.1 Å². The number of rotatable bonds is 1. The molecule has 1 aliphatic carbocycles. The maximum absolute atomic E-state index is 12.8. The SMILES string of the molecule is CC1CCC(C)C(N)(c2cccc(C(F)(F)F)c2)C1. The molecule has 0 spiro atoms. The van der Waals surface area contributed by atoms with Crippen molar-refractivity contribution in [2.24, 2.45) is 17.6 Å². The molecule has 0 radical (unpaired) electrons. The molecule has 4 heteroatoms. The monoisotopic (exact) mass is 271 g/mol. The third-order valence-electron chi connectivity index (χ3n) is 4.39. The van der Waals surface area contributed by atoms with Crippen molar-refractivity contribution < 1.29 is 13.2 Å². The van der Waals surface area contributed by atoms with Crippen LogP contribution in [0.25, 0.3) is 0 Å². The molecule has 3 atom stereocenters. The lowest BCUT2D eigenvalue weighted by atomic mass is 9.67. The van der Waals surface area contributed by atoms with Crippen LogP contribution in [0.2, 0.25) is 0 Å². The number of alkyl halides is 3. The molecule has 1 saturated carbocycles. The first kappa shape index (κ1) is 14.4. The summed E-state index contributed by atoms with van der Waals surface area (Å²) < 4.78 is 38.4. The second-order valence-electron chi connectivity index (χ2n) is 5.91. The summed E-state index contributed by atoms with van der Waals surface area (Å²) in [5.41, 5.74) is 5.82. The molecule has 1 nitrogen and oxygen atoms in total. The molecule has 106 valence electrons. The van der Waals surface area contributed by atoms with Gasteiger partial charge in [-0.05, 0) is 42.4 Å². The molecule has 0 bridgehead atoms. The predicted molar refractivity (Wildman–Crippen MR) is 69.5 cm³/mol. The minimum Gasteiger partial charge on any atom is -0.321 e. The minimum absolute atomic E-state index is 0.201.